The SMILES string of the molecule is CC(=O)Nc1cccc(-n2c(=O)n(S(=O)(=O)c3ccc(Cl)cc3)c(=O)c3ccc(Cl)cc32)c1. The quantitative estimate of drug-likeness (QED) is 0.457. The molecule has 33 heavy (non-hydrogen) atoms. The summed E-state index contributed by atoms with van der Waals surface area (Å²) in [5, 5.41) is 3.10. The van der Waals surface area contributed by atoms with Gasteiger partial charge < -0.3 is 5.32 Å². The average Bonchev–Trinajstić information content (AvgIpc) is 2.73. The van der Waals surface area contributed by atoms with Gasteiger partial charge in [0.2, 0.25) is 5.91 Å². The third kappa shape index (κ3) is 4.18. The van der Waals surface area contributed by atoms with Crippen LogP contribution in [0.15, 0.2) is 81.2 Å². The molecule has 11 heteroatoms. The van der Waals surface area contributed by atoms with Crippen molar-refractivity contribution in [3.63, 3.8) is 0 Å². The zero-order chi connectivity index (χ0) is 23.9. The fourth-order valence-corrected chi connectivity index (χ4v) is 4.95. The molecule has 1 aromatic heterocycles. The van der Waals surface area contributed by atoms with E-state index >= 15 is 0 Å². The van der Waals surface area contributed by atoms with E-state index in [-0.39, 0.29) is 36.4 Å². The lowest BCUT2D eigenvalue weighted by Gasteiger charge is -2.15. The lowest BCUT2D eigenvalue weighted by molar-refractivity contribution is -0.114. The maximum absolute atomic E-state index is 13.5. The molecule has 0 radical (unpaired) electrons. The summed E-state index contributed by atoms with van der Waals surface area (Å²) >= 11 is 12.0. The van der Waals surface area contributed by atoms with E-state index in [0.717, 1.165) is 4.57 Å². The van der Waals surface area contributed by atoms with Crippen LogP contribution in [0.3, 0.4) is 0 Å². The molecule has 0 saturated heterocycles. The van der Waals surface area contributed by atoms with E-state index in [1.807, 2.05) is 0 Å². The van der Waals surface area contributed by atoms with Crippen LogP contribution < -0.4 is 16.6 Å². The number of nitrogens with zero attached hydrogens (tertiary/aromatic N) is 2. The molecule has 0 aliphatic rings. The molecule has 0 aliphatic heterocycles. The molecule has 0 atom stereocenters. The minimum atomic E-state index is -4.57. The predicted molar refractivity (Wildman–Crippen MR) is 127 cm³/mol. The number of hydrogen-bond acceptors (Lipinski definition) is 5. The number of anilines is 1. The standard InChI is InChI=1S/C22H15Cl2N3O5S/c1-13(28)25-16-3-2-4-17(12-16)26-20-11-15(24)7-10-19(20)21(29)27(22(26)30)33(31,32)18-8-5-14(23)6-9-18/h2-12H,1H3,(H,25,28). The van der Waals surface area contributed by atoms with E-state index in [1.54, 1.807) is 12.1 Å². The zero-order valence-corrected chi connectivity index (χ0v) is 19.3. The van der Waals surface area contributed by atoms with Crippen molar-refractivity contribution in [2.75, 3.05) is 5.32 Å². The van der Waals surface area contributed by atoms with E-state index in [0.29, 0.717) is 10.7 Å². The van der Waals surface area contributed by atoms with Crippen molar-refractivity contribution in [1.82, 2.24) is 8.54 Å². The Bertz CT molecular complexity index is 1640. The van der Waals surface area contributed by atoms with Crippen molar-refractivity contribution in [3.05, 3.63) is 97.6 Å². The first-order valence-electron chi connectivity index (χ1n) is 9.46. The van der Waals surface area contributed by atoms with E-state index in [2.05, 4.69) is 5.32 Å². The highest BCUT2D eigenvalue weighted by atomic mass is 35.5. The molecule has 0 aliphatic carbocycles. The Morgan fingerprint density at radius 1 is 0.909 bits per heavy atom. The summed E-state index contributed by atoms with van der Waals surface area (Å²) in [6.45, 7) is 1.33. The fourth-order valence-electron chi connectivity index (χ4n) is 3.36. The van der Waals surface area contributed by atoms with Gasteiger partial charge in [-0.15, -0.1) is 3.97 Å². The first-order chi connectivity index (χ1) is 15.6. The number of rotatable bonds is 4. The topological polar surface area (TPSA) is 107 Å². The number of carbonyl (C=O) groups excluding carboxylic acids is 1. The van der Waals surface area contributed by atoms with Crippen LogP contribution in [-0.4, -0.2) is 22.9 Å². The van der Waals surface area contributed by atoms with E-state index in [4.69, 9.17) is 23.2 Å². The van der Waals surface area contributed by atoms with Crippen LogP contribution in [0, 0.1) is 0 Å². The number of hydrogen-bond donors (Lipinski definition) is 1. The molecule has 3 aromatic carbocycles. The molecule has 0 bridgehead atoms. The minimum absolute atomic E-state index is 0.0403. The number of halogens is 2. The van der Waals surface area contributed by atoms with Crippen LogP contribution in [0.4, 0.5) is 5.69 Å². The second-order valence-electron chi connectivity index (χ2n) is 7.04. The van der Waals surface area contributed by atoms with Crippen molar-refractivity contribution < 1.29 is 13.2 Å². The molecule has 0 fully saturated rings. The number of nitrogens with one attached hydrogen (secondary N) is 1. The van der Waals surface area contributed by atoms with Crippen LogP contribution in [-0.2, 0) is 14.8 Å². The minimum Gasteiger partial charge on any atom is -0.326 e. The molecule has 4 rings (SSSR count). The van der Waals surface area contributed by atoms with Gasteiger partial charge in [0.05, 0.1) is 21.5 Å². The first-order valence-corrected chi connectivity index (χ1v) is 11.7. The van der Waals surface area contributed by atoms with Crippen LogP contribution in [0.5, 0.6) is 0 Å². The largest absolute Gasteiger partial charge is 0.350 e. The van der Waals surface area contributed by atoms with Gasteiger partial charge in [-0.3, -0.25) is 14.2 Å². The van der Waals surface area contributed by atoms with Gasteiger partial charge >= 0.3 is 5.69 Å². The van der Waals surface area contributed by atoms with E-state index < -0.39 is 21.3 Å². The van der Waals surface area contributed by atoms with Crippen molar-refractivity contribution in [1.29, 1.82) is 0 Å². The Balaban J connectivity index is 2.11. The third-order valence-electron chi connectivity index (χ3n) is 4.76. The monoisotopic (exact) mass is 503 g/mol. The van der Waals surface area contributed by atoms with Gasteiger partial charge in [0.15, 0.2) is 0 Å². The Morgan fingerprint density at radius 2 is 1.58 bits per heavy atom. The highest BCUT2D eigenvalue weighted by Crippen LogP contribution is 2.22. The number of amides is 1. The van der Waals surface area contributed by atoms with Gasteiger partial charge in [0.1, 0.15) is 0 Å². The number of benzene rings is 3. The van der Waals surface area contributed by atoms with Crippen LogP contribution in [0.1, 0.15) is 6.92 Å². The van der Waals surface area contributed by atoms with Gasteiger partial charge in [-0.1, -0.05) is 29.3 Å². The summed E-state index contributed by atoms with van der Waals surface area (Å²) in [6.07, 6.45) is 0. The number of aromatic nitrogens is 2. The summed E-state index contributed by atoms with van der Waals surface area (Å²) in [7, 11) is -4.57. The van der Waals surface area contributed by atoms with Crippen molar-refractivity contribution in [2.45, 2.75) is 11.8 Å². The Labute approximate surface area is 197 Å². The second kappa shape index (κ2) is 8.51. The lowest BCUT2D eigenvalue weighted by atomic mass is 10.2. The van der Waals surface area contributed by atoms with Crippen molar-refractivity contribution in [2.24, 2.45) is 0 Å². The number of fused-ring (bicyclic) bond motifs is 1. The molecule has 8 nitrogen and oxygen atoms in total. The molecular formula is C22H15Cl2N3O5S. The Kier molecular flexibility index (Phi) is 5.87. The van der Waals surface area contributed by atoms with Gasteiger partial charge in [-0.25, -0.2) is 13.2 Å². The smallest absolute Gasteiger partial charge is 0.326 e. The predicted octanol–water partition coefficient (Wildman–Crippen LogP) is 3.65. The molecule has 1 amide bonds. The molecule has 1 N–H and O–H groups in total. The van der Waals surface area contributed by atoms with E-state index in [1.165, 1.54) is 61.5 Å². The molecule has 0 spiro atoms. The highest BCUT2D eigenvalue weighted by Gasteiger charge is 2.26. The molecule has 0 unspecified atom stereocenters. The van der Waals surface area contributed by atoms with Gasteiger partial charge in [0, 0.05) is 22.7 Å². The molecule has 0 saturated carbocycles. The summed E-state index contributed by atoms with van der Waals surface area (Å²) in [4.78, 5) is 37.9. The second-order valence-corrected chi connectivity index (χ2v) is 9.70. The summed E-state index contributed by atoms with van der Waals surface area (Å²) in [5.41, 5.74) is -1.43. The van der Waals surface area contributed by atoms with Gasteiger partial charge in [0.25, 0.3) is 15.6 Å². The zero-order valence-electron chi connectivity index (χ0n) is 17.0. The highest BCUT2D eigenvalue weighted by molar-refractivity contribution is 7.90. The number of carbonyl (C=O) groups is 1. The van der Waals surface area contributed by atoms with Crippen LogP contribution >= 0.6 is 23.2 Å². The van der Waals surface area contributed by atoms with Crippen LogP contribution in [0.25, 0.3) is 16.6 Å². The fraction of sp³-hybridized carbons (Fsp3) is 0.0455. The van der Waals surface area contributed by atoms with Gasteiger partial charge in [-0.05, 0) is 60.7 Å². The molecular weight excluding hydrogens is 489 g/mol. The molecule has 168 valence electrons. The Hall–Kier alpha value is -3.40. The normalized spacial score (nSPS) is 11.5. The summed E-state index contributed by atoms with van der Waals surface area (Å²) in [5.74, 6) is -0.331. The lowest BCUT2D eigenvalue weighted by Crippen LogP contribution is -2.43. The van der Waals surface area contributed by atoms with Gasteiger partial charge in [-0.2, -0.15) is 0 Å². The van der Waals surface area contributed by atoms with Crippen molar-refractivity contribution >= 4 is 55.7 Å². The summed E-state index contributed by atoms with van der Waals surface area (Å²) < 4.78 is 27.9. The third-order valence-corrected chi connectivity index (χ3v) is 6.91. The average molecular weight is 504 g/mol. The molecule has 1 heterocycles. The van der Waals surface area contributed by atoms with Crippen LogP contribution in [0.2, 0.25) is 10.0 Å². The first kappa shape index (κ1) is 22.8. The molecule has 4 aromatic rings. The summed E-state index contributed by atoms with van der Waals surface area (Å²) in [6, 6.07) is 15.5. The maximum atomic E-state index is 13.5. The maximum Gasteiger partial charge on any atom is 0.350 e. The van der Waals surface area contributed by atoms with E-state index in [9.17, 15) is 22.8 Å². The Morgan fingerprint density at radius 3 is 2.24 bits per heavy atom. The van der Waals surface area contributed by atoms with Crippen molar-refractivity contribution in [3.8, 4) is 5.69 Å².